The normalized spacial score (nSPS) is 25.5. The Balaban J connectivity index is 2.18. The molecule has 1 N–H and O–H groups in total. The maximum absolute atomic E-state index is 8.83. The SMILES string of the molecule is O[Si]1CCCC1. The average molecular weight is 101 g/mol. The summed E-state index contributed by atoms with van der Waals surface area (Å²) in [6, 6.07) is 2.29. The number of rotatable bonds is 0. The maximum atomic E-state index is 8.83. The molecule has 1 nitrogen and oxygen atoms in total. The molecule has 0 aromatic rings. The molecule has 0 aromatic heterocycles. The third-order valence-electron chi connectivity index (χ3n) is 1.18. The molecule has 1 saturated heterocycles. The van der Waals surface area contributed by atoms with Gasteiger partial charge in [0, 0.05) is 0 Å². The number of hydrogen-bond donors (Lipinski definition) is 1. The highest BCUT2D eigenvalue weighted by Crippen LogP contribution is 2.15. The van der Waals surface area contributed by atoms with Gasteiger partial charge in [-0.25, -0.2) is 0 Å². The lowest BCUT2D eigenvalue weighted by Crippen LogP contribution is -2.01. The van der Waals surface area contributed by atoms with E-state index in [1.165, 1.54) is 12.8 Å². The van der Waals surface area contributed by atoms with Gasteiger partial charge in [0.1, 0.15) is 0 Å². The first-order chi connectivity index (χ1) is 2.89. The van der Waals surface area contributed by atoms with Gasteiger partial charge in [0.2, 0.25) is 9.04 Å². The molecule has 6 heavy (non-hydrogen) atoms. The summed E-state index contributed by atoms with van der Waals surface area (Å²) in [5.74, 6) is 0. The molecule has 1 heterocycles. The zero-order valence-corrected chi connectivity index (χ0v) is 4.78. The standard InChI is InChI=1S/C4H9OSi/c5-6-3-1-2-4-6/h5H,1-4H2. The molecule has 0 atom stereocenters. The van der Waals surface area contributed by atoms with E-state index in [9.17, 15) is 0 Å². The van der Waals surface area contributed by atoms with Crippen LogP contribution in [0.25, 0.3) is 0 Å². The van der Waals surface area contributed by atoms with Crippen molar-refractivity contribution in [2.45, 2.75) is 24.9 Å². The van der Waals surface area contributed by atoms with Gasteiger partial charge in [-0.2, -0.15) is 0 Å². The minimum absolute atomic E-state index is 0.757. The fourth-order valence-electron chi connectivity index (χ4n) is 0.783. The van der Waals surface area contributed by atoms with E-state index in [0.29, 0.717) is 0 Å². The van der Waals surface area contributed by atoms with Crippen LogP contribution in [0.15, 0.2) is 0 Å². The third-order valence-corrected chi connectivity index (χ3v) is 3.04. The average Bonchev–Trinajstić information content (AvgIpc) is 1.86. The Kier molecular flexibility index (Phi) is 1.27. The first-order valence-electron chi connectivity index (χ1n) is 2.43. The molecule has 1 rings (SSSR count). The van der Waals surface area contributed by atoms with Crippen LogP contribution < -0.4 is 0 Å². The van der Waals surface area contributed by atoms with E-state index in [4.69, 9.17) is 4.80 Å². The van der Waals surface area contributed by atoms with Gasteiger partial charge in [-0.15, -0.1) is 0 Å². The van der Waals surface area contributed by atoms with Crippen molar-refractivity contribution in [3.8, 4) is 0 Å². The van der Waals surface area contributed by atoms with Crippen molar-refractivity contribution in [3.05, 3.63) is 0 Å². The Labute approximate surface area is 39.7 Å². The smallest absolute Gasteiger partial charge is 0.206 e. The van der Waals surface area contributed by atoms with E-state index < -0.39 is 9.04 Å². The molecular weight excluding hydrogens is 92.1 g/mol. The molecule has 0 aromatic carbocycles. The van der Waals surface area contributed by atoms with Gasteiger partial charge in [-0.05, 0) is 12.1 Å². The van der Waals surface area contributed by atoms with Gasteiger partial charge in [0.15, 0.2) is 0 Å². The first kappa shape index (κ1) is 4.34. The lowest BCUT2D eigenvalue weighted by Gasteiger charge is -1.86. The third kappa shape index (κ3) is 0.818. The van der Waals surface area contributed by atoms with Crippen LogP contribution in [-0.4, -0.2) is 13.8 Å². The van der Waals surface area contributed by atoms with E-state index in [1.807, 2.05) is 0 Å². The maximum Gasteiger partial charge on any atom is 0.206 e. The minimum Gasteiger partial charge on any atom is -0.431 e. The van der Waals surface area contributed by atoms with Crippen LogP contribution >= 0.6 is 0 Å². The second kappa shape index (κ2) is 1.75. The molecule has 35 valence electrons. The molecule has 0 aliphatic carbocycles. The molecule has 0 unspecified atom stereocenters. The Morgan fingerprint density at radius 1 is 1.17 bits per heavy atom. The summed E-state index contributed by atoms with van der Waals surface area (Å²) in [6.07, 6.45) is 2.57. The fourth-order valence-corrected chi connectivity index (χ4v) is 2.35. The molecule has 1 aliphatic rings. The van der Waals surface area contributed by atoms with Crippen molar-refractivity contribution < 1.29 is 4.80 Å². The van der Waals surface area contributed by atoms with Crippen LogP contribution in [0.3, 0.4) is 0 Å². The summed E-state index contributed by atoms with van der Waals surface area (Å²) >= 11 is 0. The summed E-state index contributed by atoms with van der Waals surface area (Å²) in [5, 5.41) is 0. The largest absolute Gasteiger partial charge is 0.431 e. The van der Waals surface area contributed by atoms with Crippen molar-refractivity contribution in [2.75, 3.05) is 0 Å². The Morgan fingerprint density at radius 2 is 1.67 bits per heavy atom. The van der Waals surface area contributed by atoms with Gasteiger partial charge in [-0.3, -0.25) is 0 Å². The summed E-state index contributed by atoms with van der Waals surface area (Å²) in [5.41, 5.74) is 0. The van der Waals surface area contributed by atoms with Crippen LogP contribution in [0.2, 0.25) is 12.1 Å². The lowest BCUT2D eigenvalue weighted by molar-refractivity contribution is 0.577. The molecule has 0 bridgehead atoms. The summed E-state index contributed by atoms with van der Waals surface area (Å²) in [7, 11) is -0.757. The molecule has 0 spiro atoms. The van der Waals surface area contributed by atoms with E-state index in [0.717, 1.165) is 12.1 Å². The summed E-state index contributed by atoms with van der Waals surface area (Å²) in [4.78, 5) is 8.83. The van der Waals surface area contributed by atoms with Crippen molar-refractivity contribution in [2.24, 2.45) is 0 Å². The van der Waals surface area contributed by atoms with Crippen LogP contribution in [0.1, 0.15) is 12.8 Å². The van der Waals surface area contributed by atoms with Crippen molar-refractivity contribution in [1.82, 2.24) is 0 Å². The Morgan fingerprint density at radius 3 is 1.83 bits per heavy atom. The van der Waals surface area contributed by atoms with Crippen LogP contribution in [0.4, 0.5) is 0 Å². The highest BCUT2D eigenvalue weighted by atomic mass is 28.3. The van der Waals surface area contributed by atoms with Gasteiger partial charge in [-0.1, -0.05) is 12.8 Å². The Hall–Kier alpha value is 0.177. The van der Waals surface area contributed by atoms with E-state index in [1.54, 1.807) is 0 Å². The second-order valence-electron chi connectivity index (χ2n) is 1.77. The molecule has 1 radical (unpaired) electrons. The molecule has 2 heteroatoms. The highest BCUT2D eigenvalue weighted by Gasteiger charge is 2.13. The van der Waals surface area contributed by atoms with E-state index in [2.05, 4.69) is 0 Å². The minimum atomic E-state index is -0.757. The lowest BCUT2D eigenvalue weighted by atomic mass is 10.4. The molecule has 1 aliphatic heterocycles. The summed E-state index contributed by atoms with van der Waals surface area (Å²) in [6.45, 7) is 0. The van der Waals surface area contributed by atoms with Crippen LogP contribution in [-0.2, 0) is 0 Å². The molecule has 0 saturated carbocycles. The monoisotopic (exact) mass is 101 g/mol. The second-order valence-corrected chi connectivity index (χ2v) is 3.91. The van der Waals surface area contributed by atoms with E-state index >= 15 is 0 Å². The molecular formula is C4H9OSi. The number of hydrogen-bond acceptors (Lipinski definition) is 1. The van der Waals surface area contributed by atoms with Crippen molar-refractivity contribution >= 4 is 9.04 Å². The molecule has 1 fully saturated rings. The van der Waals surface area contributed by atoms with Crippen molar-refractivity contribution in [1.29, 1.82) is 0 Å². The Bertz CT molecular complexity index is 40.8. The summed E-state index contributed by atoms with van der Waals surface area (Å²) < 4.78 is 0. The van der Waals surface area contributed by atoms with Gasteiger partial charge in [0.25, 0.3) is 0 Å². The van der Waals surface area contributed by atoms with E-state index in [-0.39, 0.29) is 0 Å². The topological polar surface area (TPSA) is 20.2 Å². The first-order valence-corrected chi connectivity index (χ1v) is 4.29. The zero-order chi connectivity index (χ0) is 4.41. The predicted molar refractivity (Wildman–Crippen MR) is 26.8 cm³/mol. The van der Waals surface area contributed by atoms with Gasteiger partial charge < -0.3 is 4.80 Å². The van der Waals surface area contributed by atoms with Crippen molar-refractivity contribution in [3.63, 3.8) is 0 Å². The predicted octanol–water partition coefficient (Wildman–Crippen LogP) is 0.764. The van der Waals surface area contributed by atoms with Crippen LogP contribution in [0, 0.1) is 0 Å². The quantitative estimate of drug-likeness (QED) is 0.447. The van der Waals surface area contributed by atoms with Gasteiger partial charge in [0.05, 0.1) is 0 Å². The molecule has 0 amide bonds. The van der Waals surface area contributed by atoms with Crippen LogP contribution in [0.5, 0.6) is 0 Å². The zero-order valence-electron chi connectivity index (χ0n) is 3.78. The fraction of sp³-hybridized carbons (Fsp3) is 1.00. The van der Waals surface area contributed by atoms with Gasteiger partial charge >= 0.3 is 0 Å². The highest BCUT2D eigenvalue weighted by molar-refractivity contribution is 6.51.